The second-order valence-corrected chi connectivity index (χ2v) is 11.7. The highest BCUT2D eigenvalue weighted by atomic mass is 16.6. The molecule has 7 nitrogen and oxygen atoms in total. The van der Waals surface area contributed by atoms with Gasteiger partial charge in [-0.3, -0.25) is 9.59 Å². The van der Waals surface area contributed by atoms with Crippen LogP contribution in [0.15, 0.2) is 66.7 Å². The molecule has 3 aromatic carbocycles. The van der Waals surface area contributed by atoms with Gasteiger partial charge in [-0.25, -0.2) is 4.79 Å². The van der Waals surface area contributed by atoms with Gasteiger partial charge in [0.15, 0.2) is 0 Å². The first-order valence-electron chi connectivity index (χ1n) is 14.6. The average molecular weight is 570 g/mol. The van der Waals surface area contributed by atoms with E-state index in [-0.39, 0.29) is 23.8 Å². The fraction of sp³-hybridized carbons (Fsp3) is 0.400. The van der Waals surface area contributed by atoms with Crippen molar-refractivity contribution in [2.45, 2.75) is 85.0 Å². The van der Waals surface area contributed by atoms with Gasteiger partial charge < -0.3 is 20.3 Å². The molecule has 3 rings (SSSR count). The Balaban J connectivity index is 2.08. The monoisotopic (exact) mass is 569 g/mol. The van der Waals surface area contributed by atoms with Crippen molar-refractivity contribution in [1.29, 1.82) is 0 Å². The number of ether oxygens (including phenoxy) is 1. The molecule has 4 unspecified atom stereocenters. The fourth-order valence-corrected chi connectivity index (χ4v) is 4.75. The number of carbonyl (C=O) groups is 3. The standard InChI is InChI=1S/C35H43N3O4/c1-9-23(4)30(37-34(41)42-35(6,7)8)33(40)38(24(5)10-2)31(27-18-16-25(11-3)17-19-27)32(39)36-29-21-20-26-14-12-13-15-28(26)22-29/h3,12-24,30-31H,9-10H2,1-2,4-8H3,(H,36,39)(H,37,41). The van der Waals surface area contributed by atoms with E-state index in [1.807, 2.05) is 70.2 Å². The molecular weight excluding hydrogens is 526 g/mol. The average Bonchev–Trinajstić information content (AvgIpc) is 2.96. The van der Waals surface area contributed by atoms with E-state index in [2.05, 4.69) is 16.6 Å². The second-order valence-electron chi connectivity index (χ2n) is 11.7. The largest absolute Gasteiger partial charge is 0.444 e. The molecule has 0 aliphatic rings. The Morgan fingerprint density at radius 2 is 1.57 bits per heavy atom. The molecule has 222 valence electrons. The Labute approximate surface area is 250 Å². The maximum Gasteiger partial charge on any atom is 0.408 e. The third-order valence-electron chi connectivity index (χ3n) is 7.41. The molecule has 0 saturated carbocycles. The smallest absolute Gasteiger partial charge is 0.408 e. The lowest BCUT2D eigenvalue weighted by Crippen LogP contribution is -2.56. The Morgan fingerprint density at radius 3 is 2.14 bits per heavy atom. The summed E-state index contributed by atoms with van der Waals surface area (Å²) in [6.07, 6.45) is 6.14. The molecule has 2 N–H and O–H groups in total. The van der Waals surface area contributed by atoms with Crippen LogP contribution in [-0.2, 0) is 14.3 Å². The van der Waals surface area contributed by atoms with E-state index in [0.29, 0.717) is 29.7 Å². The number of benzene rings is 3. The number of fused-ring (bicyclic) bond motifs is 1. The van der Waals surface area contributed by atoms with E-state index in [1.165, 1.54) is 0 Å². The predicted molar refractivity (Wildman–Crippen MR) is 169 cm³/mol. The minimum atomic E-state index is -0.988. The first-order valence-corrected chi connectivity index (χ1v) is 14.6. The highest BCUT2D eigenvalue weighted by molar-refractivity contribution is 6.00. The molecule has 0 spiro atoms. The first kappa shape index (κ1) is 32.2. The van der Waals surface area contributed by atoms with Crippen LogP contribution in [-0.4, -0.2) is 40.5 Å². The molecule has 0 fully saturated rings. The summed E-state index contributed by atoms with van der Waals surface area (Å²) in [5, 5.41) is 7.89. The summed E-state index contributed by atoms with van der Waals surface area (Å²) < 4.78 is 5.49. The van der Waals surface area contributed by atoms with E-state index in [0.717, 1.165) is 10.8 Å². The molecule has 3 aromatic rings. The number of amides is 3. The molecule has 0 radical (unpaired) electrons. The van der Waals surface area contributed by atoms with Gasteiger partial charge in [0.2, 0.25) is 5.91 Å². The summed E-state index contributed by atoms with van der Waals surface area (Å²) in [7, 11) is 0. The fourth-order valence-electron chi connectivity index (χ4n) is 4.75. The van der Waals surface area contributed by atoms with Crippen LogP contribution in [0, 0.1) is 18.3 Å². The Bertz CT molecular complexity index is 1440. The molecule has 0 aliphatic carbocycles. The van der Waals surface area contributed by atoms with Crippen molar-refractivity contribution in [3.05, 3.63) is 77.9 Å². The van der Waals surface area contributed by atoms with Crippen LogP contribution in [0.3, 0.4) is 0 Å². The highest BCUT2D eigenvalue weighted by Gasteiger charge is 2.40. The van der Waals surface area contributed by atoms with Crippen LogP contribution < -0.4 is 10.6 Å². The van der Waals surface area contributed by atoms with E-state index < -0.39 is 23.8 Å². The topological polar surface area (TPSA) is 87.7 Å². The zero-order valence-corrected chi connectivity index (χ0v) is 25.7. The van der Waals surface area contributed by atoms with Crippen LogP contribution in [0.1, 0.15) is 78.5 Å². The highest BCUT2D eigenvalue weighted by Crippen LogP contribution is 2.30. The van der Waals surface area contributed by atoms with Crippen molar-refractivity contribution in [1.82, 2.24) is 10.2 Å². The Morgan fingerprint density at radius 1 is 0.929 bits per heavy atom. The van der Waals surface area contributed by atoms with Crippen LogP contribution >= 0.6 is 0 Å². The van der Waals surface area contributed by atoms with E-state index in [4.69, 9.17) is 11.2 Å². The van der Waals surface area contributed by atoms with Gasteiger partial charge in [-0.1, -0.05) is 75.6 Å². The molecule has 0 saturated heterocycles. The molecular formula is C35H43N3O4. The maximum atomic E-state index is 14.5. The first-order chi connectivity index (χ1) is 19.9. The summed E-state index contributed by atoms with van der Waals surface area (Å²) in [5.74, 6) is 1.66. The van der Waals surface area contributed by atoms with Crippen molar-refractivity contribution < 1.29 is 19.1 Å². The van der Waals surface area contributed by atoms with Crippen LogP contribution in [0.2, 0.25) is 0 Å². The number of terminal acetylenes is 1. The third-order valence-corrected chi connectivity index (χ3v) is 7.41. The van der Waals surface area contributed by atoms with Gasteiger partial charge in [0.05, 0.1) is 0 Å². The van der Waals surface area contributed by atoms with Gasteiger partial charge in [-0.15, -0.1) is 6.42 Å². The predicted octanol–water partition coefficient (Wildman–Crippen LogP) is 7.07. The molecule has 4 atom stereocenters. The summed E-state index contributed by atoms with van der Waals surface area (Å²) in [4.78, 5) is 43.1. The van der Waals surface area contributed by atoms with Crippen LogP contribution in [0.5, 0.6) is 0 Å². The third kappa shape index (κ3) is 8.13. The summed E-state index contributed by atoms with van der Waals surface area (Å²) in [5.41, 5.74) is 1.16. The van der Waals surface area contributed by atoms with Crippen molar-refractivity contribution >= 4 is 34.4 Å². The van der Waals surface area contributed by atoms with Gasteiger partial charge in [0, 0.05) is 17.3 Å². The normalized spacial score (nSPS) is 14.1. The molecule has 0 bridgehead atoms. The summed E-state index contributed by atoms with van der Waals surface area (Å²) in [6, 6.07) is 18.5. The number of nitrogens with one attached hydrogen (secondary N) is 2. The van der Waals surface area contributed by atoms with Gasteiger partial charge in [0.1, 0.15) is 17.7 Å². The lowest BCUT2D eigenvalue weighted by Gasteiger charge is -2.39. The lowest BCUT2D eigenvalue weighted by atomic mass is 9.94. The number of alkyl carbamates (subject to hydrolysis) is 1. The minimum Gasteiger partial charge on any atom is -0.444 e. The number of hydrogen-bond acceptors (Lipinski definition) is 4. The molecule has 0 heterocycles. The zero-order chi connectivity index (χ0) is 31.0. The number of anilines is 1. The SMILES string of the molecule is C#Cc1ccc(C(C(=O)Nc2ccc3ccccc3c2)N(C(=O)C(NC(=O)OC(C)(C)C)C(C)CC)C(C)CC)cc1. The molecule has 0 aromatic heterocycles. The summed E-state index contributed by atoms with van der Waals surface area (Å²) in [6.45, 7) is 13.0. The number of hydrogen-bond donors (Lipinski definition) is 2. The molecule has 0 aliphatic heterocycles. The lowest BCUT2D eigenvalue weighted by molar-refractivity contribution is -0.144. The van der Waals surface area contributed by atoms with Crippen molar-refractivity contribution in [3.63, 3.8) is 0 Å². The number of nitrogens with zero attached hydrogens (tertiary/aromatic N) is 1. The van der Waals surface area contributed by atoms with Crippen LogP contribution in [0.25, 0.3) is 10.8 Å². The quantitative estimate of drug-likeness (QED) is 0.256. The number of rotatable bonds is 10. The van der Waals surface area contributed by atoms with Crippen LogP contribution in [0.4, 0.5) is 10.5 Å². The molecule has 7 heteroatoms. The van der Waals surface area contributed by atoms with Crippen molar-refractivity contribution in [3.8, 4) is 12.3 Å². The van der Waals surface area contributed by atoms with Gasteiger partial charge >= 0.3 is 6.09 Å². The second kappa shape index (κ2) is 14.0. The van der Waals surface area contributed by atoms with E-state index in [9.17, 15) is 14.4 Å². The number of carbonyl (C=O) groups excluding carboxylic acids is 3. The summed E-state index contributed by atoms with van der Waals surface area (Å²) >= 11 is 0. The molecule has 42 heavy (non-hydrogen) atoms. The Hall–Kier alpha value is -4.31. The van der Waals surface area contributed by atoms with E-state index in [1.54, 1.807) is 49.9 Å². The van der Waals surface area contributed by atoms with Gasteiger partial charge in [0.25, 0.3) is 5.91 Å². The Kier molecular flexibility index (Phi) is 10.8. The van der Waals surface area contributed by atoms with Crippen molar-refractivity contribution in [2.24, 2.45) is 5.92 Å². The van der Waals surface area contributed by atoms with Gasteiger partial charge in [-0.2, -0.15) is 0 Å². The zero-order valence-electron chi connectivity index (χ0n) is 25.7. The van der Waals surface area contributed by atoms with E-state index >= 15 is 0 Å². The van der Waals surface area contributed by atoms with Gasteiger partial charge in [-0.05, 0) is 80.6 Å². The minimum absolute atomic E-state index is 0.218. The molecule has 3 amide bonds. The van der Waals surface area contributed by atoms with Crippen molar-refractivity contribution in [2.75, 3.05) is 5.32 Å². The maximum absolute atomic E-state index is 14.5.